The molecule has 1 atom stereocenters. The molecular weight excluding hydrogens is 298 g/mol. The lowest BCUT2D eigenvalue weighted by Crippen LogP contribution is -2.11. The van der Waals surface area contributed by atoms with Crippen molar-refractivity contribution >= 4 is 11.7 Å². The number of hydrogen-bond acceptors (Lipinski definition) is 5. The van der Waals surface area contributed by atoms with Crippen LogP contribution in [0.15, 0.2) is 48.5 Å². The summed E-state index contributed by atoms with van der Waals surface area (Å²) in [5.74, 6) is 0.216. The van der Waals surface area contributed by atoms with Gasteiger partial charge in [0.2, 0.25) is 0 Å². The lowest BCUT2D eigenvalue weighted by molar-refractivity contribution is -0.384. The molecule has 0 amide bonds. The number of hydrogen-bond donors (Lipinski definition) is 0. The molecule has 0 heterocycles. The summed E-state index contributed by atoms with van der Waals surface area (Å²) in [7, 11) is 1.58. The molecule has 0 aromatic heterocycles. The van der Waals surface area contributed by atoms with Gasteiger partial charge in [-0.05, 0) is 36.2 Å². The van der Waals surface area contributed by atoms with E-state index < -0.39 is 10.9 Å². The van der Waals surface area contributed by atoms with E-state index in [2.05, 4.69) is 0 Å². The molecule has 0 fully saturated rings. The fourth-order valence-corrected chi connectivity index (χ4v) is 2.12. The van der Waals surface area contributed by atoms with E-state index in [0.29, 0.717) is 6.42 Å². The van der Waals surface area contributed by atoms with Gasteiger partial charge < -0.3 is 9.47 Å². The molecule has 0 saturated carbocycles. The van der Waals surface area contributed by atoms with E-state index >= 15 is 0 Å². The first-order valence-electron chi connectivity index (χ1n) is 7.14. The number of methoxy groups -OCH3 is 1. The maximum absolute atomic E-state index is 12.2. The Kier molecular flexibility index (Phi) is 5.30. The maximum Gasteiger partial charge on any atom is 0.338 e. The number of nitro benzene ring substituents is 1. The number of benzene rings is 2. The van der Waals surface area contributed by atoms with Gasteiger partial charge in [0.15, 0.2) is 0 Å². The summed E-state index contributed by atoms with van der Waals surface area (Å²) in [5, 5.41) is 10.6. The molecule has 0 saturated heterocycles. The molecule has 0 bridgehead atoms. The average Bonchev–Trinajstić information content (AvgIpc) is 2.59. The van der Waals surface area contributed by atoms with Gasteiger partial charge in [-0.15, -0.1) is 0 Å². The van der Waals surface area contributed by atoms with E-state index in [1.807, 2.05) is 19.1 Å². The lowest BCUT2D eigenvalue weighted by atomic mass is 10.1. The Balaban J connectivity index is 2.10. The highest BCUT2D eigenvalue weighted by atomic mass is 16.6. The number of carbonyl (C=O) groups is 1. The van der Waals surface area contributed by atoms with Crippen molar-refractivity contribution in [2.45, 2.75) is 19.4 Å². The zero-order valence-corrected chi connectivity index (χ0v) is 12.9. The van der Waals surface area contributed by atoms with Crippen molar-refractivity contribution in [3.63, 3.8) is 0 Å². The first kappa shape index (κ1) is 16.5. The Morgan fingerprint density at radius 3 is 2.22 bits per heavy atom. The molecule has 120 valence electrons. The first-order valence-corrected chi connectivity index (χ1v) is 7.14. The van der Waals surface area contributed by atoms with Crippen molar-refractivity contribution < 1.29 is 19.2 Å². The SMILES string of the molecule is CCC(OC(=O)c1ccc([N+](=O)[O-])cc1)c1ccc(OC)cc1. The van der Waals surface area contributed by atoms with Crippen LogP contribution in [0.1, 0.15) is 35.4 Å². The minimum Gasteiger partial charge on any atom is -0.497 e. The van der Waals surface area contributed by atoms with Crippen LogP contribution in [-0.4, -0.2) is 18.0 Å². The van der Waals surface area contributed by atoms with Crippen molar-refractivity contribution in [1.82, 2.24) is 0 Å². The molecule has 2 rings (SSSR count). The third-order valence-corrected chi connectivity index (χ3v) is 3.42. The van der Waals surface area contributed by atoms with E-state index in [1.54, 1.807) is 19.2 Å². The number of non-ortho nitro benzene ring substituents is 1. The number of nitro groups is 1. The number of carbonyl (C=O) groups excluding carboxylic acids is 1. The van der Waals surface area contributed by atoms with Gasteiger partial charge in [-0.2, -0.15) is 0 Å². The Morgan fingerprint density at radius 2 is 1.74 bits per heavy atom. The smallest absolute Gasteiger partial charge is 0.338 e. The molecule has 0 aliphatic carbocycles. The second-order valence-electron chi connectivity index (χ2n) is 4.88. The van der Waals surface area contributed by atoms with Gasteiger partial charge in [-0.3, -0.25) is 10.1 Å². The minimum absolute atomic E-state index is 0.0660. The van der Waals surface area contributed by atoms with Gasteiger partial charge in [-0.25, -0.2) is 4.79 Å². The third kappa shape index (κ3) is 4.06. The van der Waals surface area contributed by atoms with Crippen molar-refractivity contribution in [2.24, 2.45) is 0 Å². The molecule has 6 nitrogen and oxygen atoms in total. The monoisotopic (exact) mass is 315 g/mol. The summed E-state index contributed by atoms with van der Waals surface area (Å²) >= 11 is 0. The highest BCUT2D eigenvalue weighted by molar-refractivity contribution is 5.89. The van der Waals surface area contributed by atoms with Crippen molar-refractivity contribution in [3.8, 4) is 5.75 Å². The molecule has 2 aromatic rings. The lowest BCUT2D eigenvalue weighted by Gasteiger charge is -2.17. The number of nitrogens with zero attached hydrogens (tertiary/aromatic N) is 1. The molecule has 0 aliphatic heterocycles. The fourth-order valence-electron chi connectivity index (χ4n) is 2.12. The third-order valence-electron chi connectivity index (χ3n) is 3.42. The summed E-state index contributed by atoms with van der Waals surface area (Å²) in [6.07, 6.45) is 0.231. The van der Waals surface area contributed by atoms with Crippen molar-refractivity contribution in [1.29, 1.82) is 0 Å². The second-order valence-corrected chi connectivity index (χ2v) is 4.88. The van der Waals surface area contributed by atoms with Crippen LogP contribution in [0.5, 0.6) is 5.75 Å². The number of esters is 1. The Morgan fingerprint density at radius 1 is 1.13 bits per heavy atom. The van der Waals surface area contributed by atoms with Gasteiger partial charge >= 0.3 is 5.97 Å². The van der Waals surface area contributed by atoms with Crippen LogP contribution in [0.25, 0.3) is 0 Å². The van der Waals surface area contributed by atoms with E-state index in [1.165, 1.54) is 24.3 Å². The zero-order valence-electron chi connectivity index (χ0n) is 12.9. The second kappa shape index (κ2) is 7.40. The molecule has 0 spiro atoms. The molecule has 2 aromatic carbocycles. The quantitative estimate of drug-likeness (QED) is 0.459. The van der Waals surface area contributed by atoms with Crippen LogP contribution < -0.4 is 4.74 Å². The van der Waals surface area contributed by atoms with Gasteiger partial charge in [0, 0.05) is 12.1 Å². The van der Waals surface area contributed by atoms with Gasteiger partial charge in [0.05, 0.1) is 17.6 Å². The van der Waals surface area contributed by atoms with E-state index in [9.17, 15) is 14.9 Å². The standard InChI is InChI=1S/C17H17NO5/c1-3-16(12-6-10-15(22-2)11-7-12)23-17(19)13-4-8-14(9-5-13)18(20)21/h4-11,16H,3H2,1-2H3. The van der Waals surface area contributed by atoms with Crippen LogP contribution in [0.3, 0.4) is 0 Å². The molecule has 6 heteroatoms. The molecule has 0 radical (unpaired) electrons. The maximum atomic E-state index is 12.2. The number of ether oxygens (including phenoxy) is 2. The van der Waals surface area contributed by atoms with Crippen LogP contribution >= 0.6 is 0 Å². The summed E-state index contributed by atoms with van der Waals surface area (Å²) < 4.78 is 10.6. The normalized spacial score (nSPS) is 11.6. The van der Waals surface area contributed by atoms with Crippen molar-refractivity contribution in [3.05, 3.63) is 69.8 Å². The summed E-state index contributed by atoms with van der Waals surface area (Å²) in [4.78, 5) is 22.3. The number of rotatable bonds is 6. The van der Waals surface area contributed by atoms with Crippen LogP contribution in [-0.2, 0) is 4.74 Å². The Hall–Kier alpha value is -2.89. The molecule has 1 unspecified atom stereocenters. The summed E-state index contributed by atoms with van der Waals surface area (Å²) in [6.45, 7) is 1.91. The van der Waals surface area contributed by atoms with E-state index in [4.69, 9.17) is 9.47 Å². The van der Waals surface area contributed by atoms with Crippen LogP contribution in [0, 0.1) is 10.1 Å². The molecule has 0 aliphatic rings. The Labute approximate surface area is 133 Å². The highest BCUT2D eigenvalue weighted by Crippen LogP contribution is 2.25. The summed E-state index contributed by atoms with van der Waals surface area (Å²) in [6, 6.07) is 12.6. The van der Waals surface area contributed by atoms with Crippen LogP contribution in [0.4, 0.5) is 5.69 Å². The highest BCUT2D eigenvalue weighted by Gasteiger charge is 2.17. The predicted molar refractivity (Wildman–Crippen MR) is 84.5 cm³/mol. The fraction of sp³-hybridized carbons (Fsp3) is 0.235. The van der Waals surface area contributed by atoms with Gasteiger partial charge in [0.25, 0.3) is 5.69 Å². The van der Waals surface area contributed by atoms with Gasteiger partial charge in [0.1, 0.15) is 11.9 Å². The van der Waals surface area contributed by atoms with E-state index in [-0.39, 0.29) is 17.4 Å². The zero-order chi connectivity index (χ0) is 16.8. The summed E-state index contributed by atoms with van der Waals surface area (Å²) in [5.41, 5.74) is 1.08. The largest absolute Gasteiger partial charge is 0.497 e. The van der Waals surface area contributed by atoms with Crippen molar-refractivity contribution in [2.75, 3.05) is 7.11 Å². The Bertz CT molecular complexity index is 679. The molecular formula is C17H17NO5. The molecule has 23 heavy (non-hydrogen) atoms. The van der Waals surface area contributed by atoms with Gasteiger partial charge in [-0.1, -0.05) is 19.1 Å². The topological polar surface area (TPSA) is 78.7 Å². The first-order chi connectivity index (χ1) is 11.0. The van der Waals surface area contributed by atoms with E-state index in [0.717, 1.165) is 11.3 Å². The molecule has 0 N–H and O–H groups in total. The minimum atomic E-state index is -0.513. The average molecular weight is 315 g/mol. The predicted octanol–water partition coefficient (Wildman–Crippen LogP) is 3.91. The van der Waals surface area contributed by atoms with Crippen LogP contribution in [0.2, 0.25) is 0 Å².